The largest absolute Gasteiger partial charge is 0.349 e. The lowest BCUT2D eigenvalue weighted by Gasteiger charge is -2.07. The molecule has 0 spiro atoms. The predicted octanol–water partition coefficient (Wildman–Crippen LogP) is 3.51. The van der Waals surface area contributed by atoms with Gasteiger partial charge in [0.15, 0.2) is 0 Å². The normalized spacial score (nSPS) is 9.86. The van der Waals surface area contributed by atoms with Gasteiger partial charge in [-0.15, -0.1) is 6.58 Å². The van der Waals surface area contributed by atoms with E-state index >= 15 is 0 Å². The van der Waals surface area contributed by atoms with E-state index in [1.807, 2.05) is 0 Å². The highest BCUT2D eigenvalue weighted by atomic mass is 35.5. The summed E-state index contributed by atoms with van der Waals surface area (Å²) in [7, 11) is 0. The summed E-state index contributed by atoms with van der Waals surface area (Å²) >= 11 is 5.87. The molecular weight excluding hydrogens is 300 g/mol. The van der Waals surface area contributed by atoms with Crippen LogP contribution < -0.4 is 10.6 Å². The number of amides is 2. The Labute approximate surface area is 133 Å². The van der Waals surface area contributed by atoms with Crippen molar-refractivity contribution in [2.24, 2.45) is 0 Å². The minimum Gasteiger partial charge on any atom is -0.349 e. The van der Waals surface area contributed by atoms with Gasteiger partial charge in [0.05, 0.1) is 0 Å². The fourth-order valence-corrected chi connectivity index (χ4v) is 2.00. The van der Waals surface area contributed by atoms with Crippen molar-refractivity contribution in [2.75, 3.05) is 11.9 Å². The Balaban J connectivity index is 2.05. The van der Waals surface area contributed by atoms with Crippen molar-refractivity contribution in [2.45, 2.75) is 0 Å². The number of anilines is 1. The highest BCUT2D eigenvalue weighted by Gasteiger charge is 2.09. The van der Waals surface area contributed by atoms with Crippen LogP contribution in [0.3, 0.4) is 0 Å². The van der Waals surface area contributed by atoms with Crippen LogP contribution in [0.4, 0.5) is 5.69 Å². The van der Waals surface area contributed by atoms with Crippen LogP contribution >= 0.6 is 11.6 Å². The molecule has 0 unspecified atom stereocenters. The van der Waals surface area contributed by atoms with Crippen molar-refractivity contribution >= 4 is 29.1 Å². The Morgan fingerprint density at radius 3 is 2.27 bits per heavy atom. The first kappa shape index (κ1) is 15.8. The van der Waals surface area contributed by atoms with Gasteiger partial charge in [-0.2, -0.15) is 0 Å². The maximum absolute atomic E-state index is 12.1. The van der Waals surface area contributed by atoms with Crippen LogP contribution in [0.1, 0.15) is 20.7 Å². The molecule has 0 heterocycles. The molecule has 4 nitrogen and oxygen atoms in total. The molecule has 2 rings (SSSR count). The van der Waals surface area contributed by atoms with Gasteiger partial charge in [0.2, 0.25) is 0 Å². The van der Waals surface area contributed by atoms with Crippen LogP contribution in [-0.2, 0) is 0 Å². The number of nitrogens with one attached hydrogen (secondary N) is 2. The summed E-state index contributed by atoms with van der Waals surface area (Å²) in [4.78, 5) is 23.8. The summed E-state index contributed by atoms with van der Waals surface area (Å²) < 4.78 is 0. The molecule has 0 atom stereocenters. The Bertz CT molecular complexity index is 696. The smallest absolute Gasteiger partial charge is 0.255 e. The SMILES string of the molecule is C=CCNC(=O)c1ccc(C(=O)Nc2cccc(Cl)c2)cc1. The lowest BCUT2D eigenvalue weighted by atomic mass is 10.1. The number of halogens is 1. The molecule has 2 aromatic carbocycles. The number of carbonyl (C=O) groups excluding carboxylic acids is 2. The number of hydrogen-bond acceptors (Lipinski definition) is 2. The minimum atomic E-state index is -0.264. The molecule has 112 valence electrons. The maximum Gasteiger partial charge on any atom is 0.255 e. The van der Waals surface area contributed by atoms with E-state index in [9.17, 15) is 9.59 Å². The average Bonchev–Trinajstić information content (AvgIpc) is 2.52. The van der Waals surface area contributed by atoms with Crippen LogP contribution in [0.5, 0.6) is 0 Å². The second-order valence-corrected chi connectivity index (χ2v) is 4.98. The lowest BCUT2D eigenvalue weighted by molar-refractivity contribution is 0.0956. The Morgan fingerprint density at radius 1 is 1.05 bits per heavy atom. The molecule has 0 fully saturated rings. The summed E-state index contributed by atoms with van der Waals surface area (Å²) in [6, 6.07) is 13.3. The fraction of sp³-hybridized carbons (Fsp3) is 0.0588. The zero-order valence-corrected chi connectivity index (χ0v) is 12.6. The molecule has 0 radical (unpaired) electrons. The summed E-state index contributed by atoms with van der Waals surface area (Å²) in [5.41, 5.74) is 1.56. The van der Waals surface area contributed by atoms with E-state index in [1.54, 1.807) is 54.6 Å². The second-order valence-electron chi connectivity index (χ2n) is 4.54. The first-order valence-corrected chi connectivity index (χ1v) is 7.04. The first-order valence-electron chi connectivity index (χ1n) is 6.66. The molecule has 2 amide bonds. The van der Waals surface area contributed by atoms with E-state index in [2.05, 4.69) is 17.2 Å². The van der Waals surface area contributed by atoms with Gasteiger partial charge in [-0.25, -0.2) is 0 Å². The van der Waals surface area contributed by atoms with Crippen molar-refractivity contribution in [1.82, 2.24) is 5.32 Å². The van der Waals surface area contributed by atoms with Crippen LogP contribution in [-0.4, -0.2) is 18.4 Å². The molecule has 0 aliphatic heterocycles. The average molecular weight is 315 g/mol. The Morgan fingerprint density at radius 2 is 1.68 bits per heavy atom. The van der Waals surface area contributed by atoms with E-state index in [-0.39, 0.29) is 11.8 Å². The zero-order valence-electron chi connectivity index (χ0n) is 11.8. The maximum atomic E-state index is 12.1. The highest BCUT2D eigenvalue weighted by Crippen LogP contribution is 2.16. The van der Waals surface area contributed by atoms with E-state index in [1.165, 1.54) is 0 Å². The van der Waals surface area contributed by atoms with Crippen molar-refractivity contribution in [3.05, 3.63) is 77.3 Å². The molecule has 22 heavy (non-hydrogen) atoms. The lowest BCUT2D eigenvalue weighted by Crippen LogP contribution is -2.23. The van der Waals surface area contributed by atoms with Crippen molar-refractivity contribution < 1.29 is 9.59 Å². The van der Waals surface area contributed by atoms with Crippen LogP contribution in [0.25, 0.3) is 0 Å². The monoisotopic (exact) mass is 314 g/mol. The molecule has 0 aromatic heterocycles. The molecule has 0 bridgehead atoms. The van der Waals surface area contributed by atoms with Crippen molar-refractivity contribution in [3.63, 3.8) is 0 Å². The van der Waals surface area contributed by atoms with Gasteiger partial charge in [-0.05, 0) is 42.5 Å². The molecule has 5 heteroatoms. The van der Waals surface area contributed by atoms with E-state index in [0.29, 0.717) is 28.4 Å². The third-order valence-corrected chi connectivity index (χ3v) is 3.13. The van der Waals surface area contributed by atoms with Gasteiger partial charge >= 0.3 is 0 Å². The van der Waals surface area contributed by atoms with Crippen LogP contribution in [0, 0.1) is 0 Å². The van der Waals surface area contributed by atoms with Gasteiger partial charge in [0.1, 0.15) is 0 Å². The molecule has 0 aliphatic carbocycles. The summed E-state index contributed by atoms with van der Waals surface area (Å²) in [6.45, 7) is 3.93. The van der Waals surface area contributed by atoms with Crippen LogP contribution in [0.15, 0.2) is 61.2 Å². The second kappa shape index (κ2) is 7.43. The number of benzene rings is 2. The summed E-state index contributed by atoms with van der Waals surface area (Å²) in [6.07, 6.45) is 1.60. The third kappa shape index (κ3) is 4.20. The third-order valence-electron chi connectivity index (χ3n) is 2.90. The number of carbonyl (C=O) groups is 2. The quantitative estimate of drug-likeness (QED) is 0.830. The summed E-state index contributed by atoms with van der Waals surface area (Å²) in [5.74, 6) is -0.470. The standard InChI is InChI=1S/C17H15ClN2O2/c1-2-10-19-16(21)12-6-8-13(9-7-12)17(22)20-15-5-3-4-14(18)11-15/h2-9,11H,1,10H2,(H,19,21)(H,20,22). The van der Waals surface area contributed by atoms with Gasteiger partial charge in [-0.3, -0.25) is 9.59 Å². The first-order chi connectivity index (χ1) is 10.6. The molecule has 0 aliphatic rings. The van der Waals surface area contributed by atoms with Crippen LogP contribution in [0.2, 0.25) is 5.02 Å². The molecule has 0 saturated carbocycles. The fourth-order valence-electron chi connectivity index (χ4n) is 1.81. The zero-order chi connectivity index (χ0) is 15.9. The predicted molar refractivity (Wildman–Crippen MR) is 88.4 cm³/mol. The van der Waals surface area contributed by atoms with E-state index in [0.717, 1.165) is 0 Å². The Kier molecular flexibility index (Phi) is 5.33. The number of rotatable bonds is 5. The van der Waals surface area contributed by atoms with Gasteiger partial charge < -0.3 is 10.6 Å². The van der Waals surface area contributed by atoms with Gasteiger partial charge in [0.25, 0.3) is 11.8 Å². The van der Waals surface area contributed by atoms with E-state index < -0.39 is 0 Å². The molecule has 0 saturated heterocycles. The highest BCUT2D eigenvalue weighted by molar-refractivity contribution is 6.31. The number of hydrogen-bond donors (Lipinski definition) is 2. The Hall–Kier alpha value is -2.59. The van der Waals surface area contributed by atoms with Gasteiger partial charge in [-0.1, -0.05) is 23.7 Å². The van der Waals surface area contributed by atoms with Crippen molar-refractivity contribution in [3.8, 4) is 0 Å². The van der Waals surface area contributed by atoms with Crippen molar-refractivity contribution in [1.29, 1.82) is 0 Å². The minimum absolute atomic E-state index is 0.207. The van der Waals surface area contributed by atoms with E-state index in [4.69, 9.17) is 11.6 Å². The molecule has 2 aromatic rings. The molecule has 2 N–H and O–H groups in total. The topological polar surface area (TPSA) is 58.2 Å². The summed E-state index contributed by atoms with van der Waals surface area (Å²) in [5, 5.41) is 5.96. The molecular formula is C17H15ClN2O2. The van der Waals surface area contributed by atoms with Gasteiger partial charge in [0, 0.05) is 28.4 Å².